The molecule has 1 amide bonds. The predicted molar refractivity (Wildman–Crippen MR) is 56.0 cm³/mol. The summed E-state index contributed by atoms with van der Waals surface area (Å²) < 4.78 is 5.36. The summed E-state index contributed by atoms with van der Waals surface area (Å²) in [6.45, 7) is 4.48. The Morgan fingerprint density at radius 1 is 1.73 bits per heavy atom. The van der Waals surface area contributed by atoms with Gasteiger partial charge in [-0.2, -0.15) is 5.26 Å². The molecule has 84 valence electrons. The molecule has 4 nitrogen and oxygen atoms in total. The van der Waals surface area contributed by atoms with E-state index in [1.54, 1.807) is 11.9 Å². The van der Waals surface area contributed by atoms with Crippen molar-refractivity contribution in [2.45, 2.75) is 38.8 Å². The molecule has 3 atom stereocenters. The van der Waals surface area contributed by atoms with E-state index in [0.717, 1.165) is 6.42 Å². The van der Waals surface area contributed by atoms with Crippen LogP contribution < -0.4 is 0 Å². The van der Waals surface area contributed by atoms with E-state index in [4.69, 9.17) is 10.00 Å². The summed E-state index contributed by atoms with van der Waals surface area (Å²) in [5.41, 5.74) is 0. The molecule has 1 aliphatic rings. The van der Waals surface area contributed by atoms with Crippen LogP contribution in [0.5, 0.6) is 0 Å². The van der Waals surface area contributed by atoms with Gasteiger partial charge in [0.2, 0.25) is 5.91 Å². The molecule has 0 N–H and O–H groups in total. The summed E-state index contributed by atoms with van der Waals surface area (Å²) in [5, 5.41) is 8.57. The number of nitrogens with zero attached hydrogens (tertiary/aromatic N) is 2. The smallest absolute Gasteiger partial charge is 0.228 e. The molecule has 0 aliphatic carbocycles. The van der Waals surface area contributed by atoms with E-state index in [1.165, 1.54) is 0 Å². The van der Waals surface area contributed by atoms with Crippen LogP contribution in [0.4, 0.5) is 0 Å². The third-order valence-electron chi connectivity index (χ3n) is 3.09. The average molecular weight is 210 g/mol. The van der Waals surface area contributed by atoms with Crippen molar-refractivity contribution >= 4 is 5.91 Å². The first-order valence-electron chi connectivity index (χ1n) is 5.33. The zero-order chi connectivity index (χ0) is 11.4. The molecule has 1 aliphatic heterocycles. The van der Waals surface area contributed by atoms with E-state index in [0.29, 0.717) is 13.0 Å². The van der Waals surface area contributed by atoms with Crippen molar-refractivity contribution in [2.24, 2.45) is 5.92 Å². The minimum atomic E-state index is -0.0313. The highest BCUT2D eigenvalue weighted by Crippen LogP contribution is 2.23. The Morgan fingerprint density at radius 2 is 2.40 bits per heavy atom. The van der Waals surface area contributed by atoms with Crippen LogP contribution in [0.3, 0.4) is 0 Å². The highest BCUT2D eigenvalue weighted by Gasteiger charge is 2.33. The van der Waals surface area contributed by atoms with Gasteiger partial charge in [-0.25, -0.2) is 0 Å². The number of carbonyl (C=O) groups is 1. The number of carbonyl (C=O) groups excluding carboxylic acids is 1. The topological polar surface area (TPSA) is 53.3 Å². The SMILES string of the molecule is CC1OCCC1C(=O)N(C)C(C)CC#N. The Morgan fingerprint density at radius 3 is 2.87 bits per heavy atom. The molecule has 4 heteroatoms. The zero-order valence-corrected chi connectivity index (χ0v) is 9.56. The van der Waals surface area contributed by atoms with Gasteiger partial charge >= 0.3 is 0 Å². The molecule has 3 unspecified atom stereocenters. The van der Waals surface area contributed by atoms with E-state index < -0.39 is 0 Å². The molecule has 0 saturated carbocycles. The van der Waals surface area contributed by atoms with Crippen LogP contribution in [-0.4, -0.2) is 36.6 Å². The van der Waals surface area contributed by atoms with Crippen molar-refractivity contribution in [3.63, 3.8) is 0 Å². The molecule has 0 bridgehead atoms. The lowest BCUT2D eigenvalue weighted by molar-refractivity contribution is -0.137. The van der Waals surface area contributed by atoms with Gasteiger partial charge < -0.3 is 9.64 Å². The molecular formula is C11H18N2O2. The van der Waals surface area contributed by atoms with Crippen molar-refractivity contribution in [1.29, 1.82) is 5.26 Å². The maximum Gasteiger partial charge on any atom is 0.228 e. The van der Waals surface area contributed by atoms with Crippen molar-refractivity contribution < 1.29 is 9.53 Å². The van der Waals surface area contributed by atoms with Crippen LogP contribution in [0.1, 0.15) is 26.7 Å². The van der Waals surface area contributed by atoms with Gasteiger partial charge in [-0.3, -0.25) is 4.79 Å². The normalized spacial score (nSPS) is 27.1. The summed E-state index contributed by atoms with van der Waals surface area (Å²) in [6.07, 6.45) is 1.18. The minimum Gasteiger partial charge on any atom is -0.378 e. The Hall–Kier alpha value is -1.08. The Labute approximate surface area is 90.8 Å². The third-order valence-corrected chi connectivity index (χ3v) is 3.09. The summed E-state index contributed by atoms with van der Waals surface area (Å²) in [6, 6.07) is 2.06. The molecule has 1 rings (SSSR count). The zero-order valence-electron chi connectivity index (χ0n) is 9.56. The molecule has 0 radical (unpaired) electrons. The number of nitriles is 1. The van der Waals surface area contributed by atoms with Gasteiger partial charge in [0.15, 0.2) is 0 Å². The second-order valence-corrected chi connectivity index (χ2v) is 4.13. The Kier molecular flexibility index (Phi) is 4.10. The number of ether oxygens (including phenoxy) is 1. The molecule has 1 saturated heterocycles. The first kappa shape index (κ1) is 12.0. The van der Waals surface area contributed by atoms with Crippen LogP contribution in [0.25, 0.3) is 0 Å². The summed E-state index contributed by atoms with van der Waals surface area (Å²) in [5.74, 6) is 0.0684. The van der Waals surface area contributed by atoms with Gasteiger partial charge in [0.25, 0.3) is 0 Å². The molecule has 1 heterocycles. The second-order valence-electron chi connectivity index (χ2n) is 4.13. The number of hydrogen-bond acceptors (Lipinski definition) is 3. The van der Waals surface area contributed by atoms with Crippen LogP contribution in [0, 0.1) is 17.2 Å². The van der Waals surface area contributed by atoms with Crippen LogP contribution in [0.2, 0.25) is 0 Å². The van der Waals surface area contributed by atoms with E-state index in [-0.39, 0.29) is 24.0 Å². The lowest BCUT2D eigenvalue weighted by atomic mass is 10.0. The number of amides is 1. The fraction of sp³-hybridized carbons (Fsp3) is 0.818. The highest BCUT2D eigenvalue weighted by molar-refractivity contribution is 5.79. The first-order chi connectivity index (χ1) is 7.07. The summed E-state index contributed by atoms with van der Waals surface area (Å²) in [4.78, 5) is 13.7. The maximum absolute atomic E-state index is 12.0. The monoisotopic (exact) mass is 210 g/mol. The minimum absolute atomic E-state index is 0.00855. The van der Waals surface area contributed by atoms with Gasteiger partial charge in [0, 0.05) is 19.7 Å². The fourth-order valence-electron chi connectivity index (χ4n) is 1.80. The van der Waals surface area contributed by atoms with Crippen molar-refractivity contribution in [1.82, 2.24) is 4.90 Å². The van der Waals surface area contributed by atoms with Gasteiger partial charge in [-0.1, -0.05) is 0 Å². The number of rotatable bonds is 3. The van der Waals surface area contributed by atoms with E-state index in [1.807, 2.05) is 13.8 Å². The molecule has 0 spiro atoms. The van der Waals surface area contributed by atoms with Gasteiger partial charge in [0.1, 0.15) is 0 Å². The Bertz CT molecular complexity index is 272. The Balaban J connectivity index is 2.56. The van der Waals surface area contributed by atoms with Gasteiger partial charge in [-0.05, 0) is 20.3 Å². The van der Waals surface area contributed by atoms with Crippen molar-refractivity contribution in [3.8, 4) is 6.07 Å². The molecule has 0 aromatic rings. The molecule has 15 heavy (non-hydrogen) atoms. The van der Waals surface area contributed by atoms with E-state index in [9.17, 15) is 4.79 Å². The average Bonchev–Trinajstić information content (AvgIpc) is 2.62. The largest absolute Gasteiger partial charge is 0.378 e. The quantitative estimate of drug-likeness (QED) is 0.702. The maximum atomic E-state index is 12.0. The standard InChI is InChI=1S/C11H18N2O2/c1-8(4-6-12)13(3)11(14)10-5-7-15-9(10)2/h8-10H,4-5,7H2,1-3H3. The van der Waals surface area contributed by atoms with Crippen LogP contribution >= 0.6 is 0 Å². The van der Waals surface area contributed by atoms with E-state index >= 15 is 0 Å². The second kappa shape index (κ2) is 5.13. The summed E-state index contributed by atoms with van der Waals surface area (Å²) in [7, 11) is 1.76. The van der Waals surface area contributed by atoms with Crippen LogP contribution in [-0.2, 0) is 9.53 Å². The first-order valence-corrected chi connectivity index (χ1v) is 5.33. The van der Waals surface area contributed by atoms with Gasteiger partial charge in [0.05, 0.1) is 24.5 Å². The molecule has 1 fully saturated rings. The summed E-state index contributed by atoms with van der Waals surface area (Å²) >= 11 is 0. The molecule has 0 aromatic heterocycles. The fourth-order valence-corrected chi connectivity index (χ4v) is 1.80. The third kappa shape index (κ3) is 2.69. The molecular weight excluding hydrogens is 192 g/mol. The van der Waals surface area contributed by atoms with Crippen LogP contribution in [0.15, 0.2) is 0 Å². The van der Waals surface area contributed by atoms with Crippen molar-refractivity contribution in [3.05, 3.63) is 0 Å². The lowest BCUT2D eigenvalue weighted by Gasteiger charge is -2.27. The number of hydrogen-bond donors (Lipinski definition) is 0. The molecule has 0 aromatic carbocycles. The van der Waals surface area contributed by atoms with Crippen molar-refractivity contribution in [2.75, 3.05) is 13.7 Å². The lowest BCUT2D eigenvalue weighted by Crippen LogP contribution is -2.41. The highest BCUT2D eigenvalue weighted by atomic mass is 16.5. The van der Waals surface area contributed by atoms with E-state index in [2.05, 4.69) is 6.07 Å². The predicted octanol–water partition coefficient (Wildman–Crippen LogP) is 1.17. The van der Waals surface area contributed by atoms with Gasteiger partial charge in [-0.15, -0.1) is 0 Å².